The number of nitrogens with two attached hydrogens (primary N) is 1. The van der Waals surface area contributed by atoms with Gasteiger partial charge in [0.2, 0.25) is 5.88 Å². The number of hydrogen-bond acceptors (Lipinski definition) is 6. The van der Waals surface area contributed by atoms with E-state index in [0.717, 1.165) is 11.1 Å². The highest BCUT2D eigenvalue weighted by molar-refractivity contribution is 6.02. The van der Waals surface area contributed by atoms with Crippen LogP contribution in [0.15, 0.2) is 35.6 Å². The minimum absolute atomic E-state index is 0.0176. The standard InChI is InChI=1S/C19H19F2N5O2/c1-28-15-9-23-14(8-24-15)16(27)25-12-3-2-11-7-19(13(11)6-12)5-4-18(21,10-20)17(22)26-19/h2-3,6,8-9H,4-5,7,10H2,1H3,(H2,22,26)(H,25,27)/t18-,19-/m1/s1. The van der Waals surface area contributed by atoms with E-state index in [4.69, 9.17) is 10.5 Å². The van der Waals surface area contributed by atoms with Crippen molar-refractivity contribution in [3.8, 4) is 5.88 Å². The number of nitrogens with one attached hydrogen (secondary N) is 1. The van der Waals surface area contributed by atoms with Gasteiger partial charge in [0.05, 0.1) is 25.0 Å². The van der Waals surface area contributed by atoms with E-state index in [9.17, 15) is 13.6 Å². The number of alkyl halides is 2. The number of halogens is 2. The molecule has 4 rings (SSSR count). The number of methoxy groups -OCH3 is 1. The Morgan fingerprint density at radius 3 is 2.79 bits per heavy atom. The lowest BCUT2D eigenvalue weighted by Crippen LogP contribution is -2.52. The Hall–Kier alpha value is -3.10. The summed E-state index contributed by atoms with van der Waals surface area (Å²) in [6, 6.07) is 5.46. The van der Waals surface area contributed by atoms with Gasteiger partial charge in [0.1, 0.15) is 18.2 Å². The highest BCUT2D eigenvalue weighted by Gasteiger charge is 2.50. The Kier molecular flexibility index (Phi) is 4.24. The molecule has 0 radical (unpaired) electrons. The largest absolute Gasteiger partial charge is 0.480 e. The summed E-state index contributed by atoms with van der Waals surface area (Å²) in [6.45, 7) is -1.18. The second-order valence-corrected chi connectivity index (χ2v) is 7.07. The number of nitrogens with zero attached hydrogens (tertiary/aromatic N) is 3. The van der Waals surface area contributed by atoms with Crippen molar-refractivity contribution in [2.45, 2.75) is 30.5 Å². The molecule has 0 fully saturated rings. The van der Waals surface area contributed by atoms with Crippen molar-refractivity contribution in [1.82, 2.24) is 9.97 Å². The van der Waals surface area contributed by atoms with Crippen LogP contribution >= 0.6 is 0 Å². The van der Waals surface area contributed by atoms with Crippen LogP contribution < -0.4 is 15.8 Å². The first-order chi connectivity index (χ1) is 13.4. The average Bonchev–Trinajstić information content (AvgIpc) is 2.71. The molecule has 1 amide bonds. The monoisotopic (exact) mass is 387 g/mol. The van der Waals surface area contributed by atoms with E-state index < -0.39 is 23.8 Å². The fourth-order valence-electron chi connectivity index (χ4n) is 3.66. The maximum atomic E-state index is 14.4. The molecule has 2 heterocycles. The number of amides is 1. The molecule has 28 heavy (non-hydrogen) atoms. The summed E-state index contributed by atoms with van der Waals surface area (Å²) in [6.07, 6.45) is 3.64. The fourth-order valence-corrected chi connectivity index (χ4v) is 3.66. The van der Waals surface area contributed by atoms with E-state index >= 15 is 0 Å². The van der Waals surface area contributed by atoms with Crippen molar-refractivity contribution in [2.75, 3.05) is 19.1 Å². The number of ether oxygens (including phenoxy) is 1. The number of aliphatic imine (C=N–C) groups is 1. The number of aromatic nitrogens is 2. The second-order valence-electron chi connectivity index (χ2n) is 7.07. The number of anilines is 1. The summed E-state index contributed by atoms with van der Waals surface area (Å²) in [5, 5.41) is 2.76. The minimum atomic E-state index is -2.18. The Balaban J connectivity index is 1.56. The van der Waals surface area contributed by atoms with E-state index in [1.54, 1.807) is 12.1 Å². The van der Waals surface area contributed by atoms with Crippen LogP contribution in [0.1, 0.15) is 34.5 Å². The third kappa shape index (κ3) is 2.87. The predicted molar refractivity (Wildman–Crippen MR) is 99.0 cm³/mol. The highest BCUT2D eigenvalue weighted by Crippen LogP contribution is 2.50. The normalized spacial score (nSPS) is 25.5. The van der Waals surface area contributed by atoms with E-state index in [2.05, 4.69) is 20.3 Å². The summed E-state index contributed by atoms with van der Waals surface area (Å²) >= 11 is 0. The summed E-state index contributed by atoms with van der Waals surface area (Å²) in [4.78, 5) is 24.7. The van der Waals surface area contributed by atoms with Crippen LogP contribution in [-0.4, -0.2) is 41.2 Å². The van der Waals surface area contributed by atoms with Gasteiger partial charge in [-0.2, -0.15) is 0 Å². The molecule has 0 saturated heterocycles. The molecule has 0 saturated carbocycles. The molecule has 1 aliphatic carbocycles. The molecule has 3 N–H and O–H groups in total. The molecule has 2 atom stereocenters. The minimum Gasteiger partial charge on any atom is -0.480 e. The lowest BCUT2D eigenvalue weighted by Gasteiger charge is -2.46. The van der Waals surface area contributed by atoms with Gasteiger partial charge in [-0.15, -0.1) is 0 Å². The van der Waals surface area contributed by atoms with Gasteiger partial charge >= 0.3 is 0 Å². The second kappa shape index (κ2) is 6.50. The molecule has 1 aromatic carbocycles. The molecule has 7 nitrogen and oxygen atoms in total. The van der Waals surface area contributed by atoms with Crippen molar-refractivity contribution in [3.63, 3.8) is 0 Å². The molecule has 9 heteroatoms. The zero-order valence-corrected chi connectivity index (χ0v) is 15.2. The van der Waals surface area contributed by atoms with E-state index in [0.29, 0.717) is 24.4 Å². The summed E-state index contributed by atoms with van der Waals surface area (Å²) in [7, 11) is 1.46. The van der Waals surface area contributed by atoms with Crippen molar-refractivity contribution in [1.29, 1.82) is 0 Å². The number of benzene rings is 1. The molecule has 0 unspecified atom stereocenters. The molecule has 1 aliphatic heterocycles. The van der Waals surface area contributed by atoms with Crippen molar-refractivity contribution in [2.24, 2.45) is 10.7 Å². The summed E-state index contributed by atoms with van der Waals surface area (Å²) in [5.41, 5.74) is 5.51. The number of rotatable bonds is 4. The maximum absolute atomic E-state index is 14.4. The maximum Gasteiger partial charge on any atom is 0.275 e. The Morgan fingerprint density at radius 1 is 1.32 bits per heavy atom. The SMILES string of the molecule is COc1cnc(C(=O)Nc2ccc3c(c2)[C@@]2(CC[C@@](F)(CF)C(N)=N2)C3)cn1. The highest BCUT2D eigenvalue weighted by atomic mass is 19.2. The number of amidine groups is 1. The quantitative estimate of drug-likeness (QED) is 0.838. The molecule has 1 spiro atoms. The van der Waals surface area contributed by atoms with Gasteiger partial charge in [-0.05, 0) is 36.1 Å². The first-order valence-electron chi connectivity index (χ1n) is 8.81. The number of carbonyl (C=O) groups excluding carboxylic acids is 1. The van der Waals surface area contributed by atoms with Crippen LogP contribution in [0, 0.1) is 0 Å². The van der Waals surface area contributed by atoms with Crippen LogP contribution in [0.25, 0.3) is 0 Å². The third-order valence-electron chi connectivity index (χ3n) is 5.36. The van der Waals surface area contributed by atoms with Gasteiger partial charge in [0.15, 0.2) is 5.67 Å². The lowest BCUT2D eigenvalue weighted by atomic mass is 9.66. The summed E-state index contributed by atoms with van der Waals surface area (Å²) < 4.78 is 32.3. The van der Waals surface area contributed by atoms with Crippen molar-refractivity contribution < 1.29 is 18.3 Å². The topological polar surface area (TPSA) is 102 Å². The van der Waals surface area contributed by atoms with Crippen LogP contribution in [0.4, 0.5) is 14.5 Å². The smallest absolute Gasteiger partial charge is 0.275 e. The van der Waals surface area contributed by atoms with E-state index in [-0.39, 0.29) is 18.0 Å². The molecule has 2 aromatic rings. The molecular weight excluding hydrogens is 368 g/mol. The van der Waals surface area contributed by atoms with Crippen molar-refractivity contribution >= 4 is 17.4 Å². The van der Waals surface area contributed by atoms with Crippen LogP contribution in [0.3, 0.4) is 0 Å². The van der Waals surface area contributed by atoms with Gasteiger partial charge in [-0.25, -0.2) is 18.7 Å². The zero-order valence-electron chi connectivity index (χ0n) is 15.2. The van der Waals surface area contributed by atoms with E-state index in [1.165, 1.54) is 19.5 Å². The van der Waals surface area contributed by atoms with Gasteiger partial charge in [-0.1, -0.05) is 6.07 Å². The summed E-state index contributed by atoms with van der Waals surface area (Å²) in [5.74, 6) is -0.408. The van der Waals surface area contributed by atoms with Crippen LogP contribution in [0.2, 0.25) is 0 Å². The van der Waals surface area contributed by atoms with Crippen LogP contribution in [0.5, 0.6) is 5.88 Å². The first-order valence-corrected chi connectivity index (χ1v) is 8.81. The molecular formula is C19H19F2N5O2. The molecule has 2 aliphatic rings. The molecule has 0 bridgehead atoms. The van der Waals surface area contributed by atoms with E-state index in [1.807, 2.05) is 6.07 Å². The van der Waals surface area contributed by atoms with Crippen molar-refractivity contribution in [3.05, 3.63) is 47.4 Å². The lowest BCUT2D eigenvalue weighted by molar-refractivity contribution is 0.102. The average molecular weight is 387 g/mol. The van der Waals surface area contributed by atoms with Gasteiger partial charge in [0.25, 0.3) is 5.91 Å². The van der Waals surface area contributed by atoms with Gasteiger partial charge in [0, 0.05) is 12.1 Å². The van der Waals surface area contributed by atoms with Gasteiger partial charge < -0.3 is 15.8 Å². The van der Waals surface area contributed by atoms with Crippen LogP contribution in [-0.2, 0) is 12.0 Å². The Bertz CT molecular complexity index is 965. The number of carbonyl (C=O) groups is 1. The predicted octanol–water partition coefficient (Wildman–Crippen LogP) is 2.32. The first kappa shape index (κ1) is 18.3. The zero-order chi connectivity index (χ0) is 19.9. The molecule has 146 valence electrons. The fraction of sp³-hybridized carbons (Fsp3) is 0.368. The third-order valence-corrected chi connectivity index (χ3v) is 5.36. The Morgan fingerprint density at radius 2 is 2.14 bits per heavy atom. The molecule has 1 aromatic heterocycles. The number of hydrogen-bond donors (Lipinski definition) is 2. The number of fused-ring (bicyclic) bond motifs is 2. The Labute approximate surface area is 160 Å². The van der Waals surface area contributed by atoms with Gasteiger partial charge in [-0.3, -0.25) is 9.79 Å².